The van der Waals surface area contributed by atoms with Crippen molar-refractivity contribution in [3.8, 4) is 11.4 Å². The lowest BCUT2D eigenvalue weighted by atomic mass is 10.2. The normalized spacial score (nSPS) is 15.0. The van der Waals surface area contributed by atoms with Crippen molar-refractivity contribution < 1.29 is 4.74 Å². The number of anilines is 2. The zero-order valence-electron chi connectivity index (χ0n) is 15.9. The fourth-order valence-corrected chi connectivity index (χ4v) is 3.26. The molecule has 2 N–H and O–H groups in total. The third kappa shape index (κ3) is 3.42. The summed E-state index contributed by atoms with van der Waals surface area (Å²) in [7, 11) is 0. The largest absolute Gasteiger partial charge is 0.378 e. The molecule has 9 heteroatoms. The summed E-state index contributed by atoms with van der Waals surface area (Å²) in [6, 6.07) is 0. The van der Waals surface area contributed by atoms with Crippen LogP contribution in [0.2, 0.25) is 0 Å². The first-order chi connectivity index (χ1) is 13.0. The monoisotopic (exact) mass is 368 g/mol. The molecule has 1 aliphatic rings. The summed E-state index contributed by atoms with van der Waals surface area (Å²) >= 11 is 0. The summed E-state index contributed by atoms with van der Waals surface area (Å²) in [6.45, 7) is 10.1. The van der Waals surface area contributed by atoms with Crippen molar-refractivity contribution >= 4 is 22.9 Å². The second-order valence-electron chi connectivity index (χ2n) is 7.14. The van der Waals surface area contributed by atoms with Crippen LogP contribution < -0.4 is 10.6 Å². The Labute approximate surface area is 157 Å². The third-order valence-corrected chi connectivity index (χ3v) is 4.56. The number of aromatic nitrogens is 6. The first kappa shape index (κ1) is 17.6. The SMILES string of the molecule is Cc1nc2c(N3CCOCC3)nc(-c3cnc(N)nc3)nc2n1CC(C)C. The smallest absolute Gasteiger partial charge is 0.219 e. The number of rotatable bonds is 4. The molecule has 0 amide bonds. The highest BCUT2D eigenvalue weighted by Gasteiger charge is 2.22. The minimum atomic E-state index is 0.230. The number of morpholine rings is 1. The molecule has 0 bridgehead atoms. The van der Waals surface area contributed by atoms with Crippen molar-refractivity contribution in [2.75, 3.05) is 36.9 Å². The highest BCUT2D eigenvalue weighted by Crippen LogP contribution is 2.28. The molecule has 0 atom stereocenters. The molecule has 0 unspecified atom stereocenters. The van der Waals surface area contributed by atoms with Gasteiger partial charge in [-0.25, -0.2) is 24.9 Å². The van der Waals surface area contributed by atoms with E-state index in [1.807, 2.05) is 6.92 Å². The average Bonchev–Trinajstić information content (AvgIpc) is 2.97. The molecule has 0 saturated carbocycles. The van der Waals surface area contributed by atoms with Gasteiger partial charge in [-0.15, -0.1) is 0 Å². The number of hydrogen-bond donors (Lipinski definition) is 1. The minimum Gasteiger partial charge on any atom is -0.378 e. The molecule has 1 saturated heterocycles. The Morgan fingerprint density at radius 2 is 1.81 bits per heavy atom. The van der Waals surface area contributed by atoms with Crippen molar-refractivity contribution in [2.45, 2.75) is 27.3 Å². The predicted molar refractivity (Wildman–Crippen MR) is 103 cm³/mol. The van der Waals surface area contributed by atoms with E-state index in [1.165, 1.54) is 0 Å². The van der Waals surface area contributed by atoms with E-state index in [0.717, 1.165) is 48.0 Å². The molecular formula is C18H24N8O. The zero-order chi connectivity index (χ0) is 19.0. The Bertz CT molecular complexity index is 944. The highest BCUT2D eigenvalue weighted by molar-refractivity contribution is 5.86. The lowest BCUT2D eigenvalue weighted by Gasteiger charge is -2.28. The van der Waals surface area contributed by atoms with Crippen molar-refractivity contribution in [3.63, 3.8) is 0 Å². The summed E-state index contributed by atoms with van der Waals surface area (Å²) in [5.41, 5.74) is 8.02. The first-order valence-electron chi connectivity index (χ1n) is 9.18. The number of aryl methyl sites for hydroxylation is 1. The Hall–Kier alpha value is -2.81. The maximum absolute atomic E-state index is 5.63. The third-order valence-electron chi connectivity index (χ3n) is 4.56. The van der Waals surface area contributed by atoms with Crippen molar-refractivity contribution in [3.05, 3.63) is 18.2 Å². The average molecular weight is 368 g/mol. The summed E-state index contributed by atoms with van der Waals surface area (Å²) in [4.78, 5) is 24.8. The van der Waals surface area contributed by atoms with Gasteiger partial charge in [0.05, 0.1) is 18.8 Å². The van der Waals surface area contributed by atoms with Gasteiger partial charge in [0.2, 0.25) is 5.95 Å². The van der Waals surface area contributed by atoms with Gasteiger partial charge in [0, 0.05) is 32.0 Å². The number of nitrogens with zero attached hydrogens (tertiary/aromatic N) is 7. The van der Waals surface area contributed by atoms with Crippen LogP contribution in [-0.4, -0.2) is 55.8 Å². The molecule has 9 nitrogen and oxygen atoms in total. The quantitative estimate of drug-likeness (QED) is 0.741. The van der Waals surface area contributed by atoms with Crippen LogP contribution in [-0.2, 0) is 11.3 Å². The van der Waals surface area contributed by atoms with Crippen LogP contribution in [0.25, 0.3) is 22.6 Å². The molecule has 3 aromatic rings. The van der Waals surface area contributed by atoms with E-state index in [9.17, 15) is 0 Å². The Morgan fingerprint density at radius 1 is 1.11 bits per heavy atom. The van der Waals surface area contributed by atoms with E-state index in [4.69, 9.17) is 25.4 Å². The Balaban J connectivity index is 1.91. The zero-order valence-corrected chi connectivity index (χ0v) is 15.9. The van der Waals surface area contributed by atoms with Crippen LogP contribution in [0.15, 0.2) is 12.4 Å². The van der Waals surface area contributed by atoms with Crippen LogP contribution in [0, 0.1) is 12.8 Å². The second kappa shape index (κ2) is 7.07. The number of ether oxygens (including phenoxy) is 1. The Kier molecular flexibility index (Phi) is 4.61. The molecule has 142 valence electrons. The van der Waals surface area contributed by atoms with Gasteiger partial charge in [-0.05, 0) is 12.8 Å². The second-order valence-corrected chi connectivity index (χ2v) is 7.14. The van der Waals surface area contributed by atoms with Crippen LogP contribution in [0.3, 0.4) is 0 Å². The van der Waals surface area contributed by atoms with E-state index >= 15 is 0 Å². The van der Waals surface area contributed by atoms with Gasteiger partial charge >= 0.3 is 0 Å². The van der Waals surface area contributed by atoms with E-state index in [2.05, 4.69) is 33.3 Å². The summed E-state index contributed by atoms with van der Waals surface area (Å²) in [5, 5.41) is 0. The molecule has 1 aliphatic heterocycles. The van der Waals surface area contributed by atoms with Gasteiger partial charge in [-0.3, -0.25) is 0 Å². The van der Waals surface area contributed by atoms with Gasteiger partial charge in [0.15, 0.2) is 22.8 Å². The topological polar surface area (TPSA) is 108 Å². The van der Waals surface area contributed by atoms with Crippen LogP contribution >= 0.6 is 0 Å². The van der Waals surface area contributed by atoms with E-state index in [1.54, 1.807) is 12.4 Å². The summed E-state index contributed by atoms with van der Waals surface area (Å²) < 4.78 is 7.66. The van der Waals surface area contributed by atoms with E-state index in [-0.39, 0.29) is 5.95 Å². The van der Waals surface area contributed by atoms with Gasteiger partial charge in [-0.1, -0.05) is 13.8 Å². The van der Waals surface area contributed by atoms with Crippen molar-refractivity contribution in [1.29, 1.82) is 0 Å². The molecular weight excluding hydrogens is 344 g/mol. The fraction of sp³-hybridized carbons (Fsp3) is 0.500. The molecule has 27 heavy (non-hydrogen) atoms. The lowest BCUT2D eigenvalue weighted by Crippen LogP contribution is -2.37. The number of fused-ring (bicyclic) bond motifs is 1. The molecule has 0 aliphatic carbocycles. The van der Waals surface area contributed by atoms with Crippen molar-refractivity contribution in [2.24, 2.45) is 5.92 Å². The highest BCUT2D eigenvalue weighted by atomic mass is 16.5. The van der Waals surface area contributed by atoms with E-state index < -0.39 is 0 Å². The maximum atomic E-state index is 5.63. The van der Waals surface area contributed by atoms with Crippen LogP contribution in [0.1, 0.15) is 19.7 Å². The summed E-state index contributed by atoms with van der Waals surface area (Å²) in [6.07, 6.45) is 3.31. The number of nitrogen functional groups attached to an aromatic ring is 1. The van der Waals surface area contributed by atoms with Gasteiger partial charge in [0.1, 0.15) is 5.82 Å². The maximum Gasteiger partial charge on any atom is 0.219 e. The molecule has 4 rings (SSSR count). The van der Waals surface area contributed by atoms with Crippen LogP contribution in [0.4, 0.5) is 11.8 Å². The van der Waals surface area contributed by atoms with Gasteiger partial charge in [0.25, 0.3) is 0 Å². The Morgan fingerprint density at radius 3 is 2.48 bits per heavy atom. The molecule has 3 aromatic heterocycles. The van der Waals surface area contributed by atoms with Gasteiger partial charge < -0.3 is 19.9 Å². The fourth-order valence-electron chi connectivity index (χ4n) is 3.26. The first-order valence-corrected chi connectivity index (χ1v) is 9.18. The van der Waals surface area contributed by atoms with Gasteiger partial charge in [-0.2, -0.15) is 0 Å². The minimum absolute atomic E-state index is 0.230. The predicted octanol–water partition coefficient (Wildman–Crippen LogP) is 1.67. The number of nitrogens with two attached hydrogens (primary N) is 1. The molecule has 1 fully saturated rings. The lowest BCUT2D eigenvalue weighted by molar-refractivity contribution is 0.122. The number of imidazole rings is 1. The summed E-state index contributed by atoms with van der Waals surface area (Å²) in [5.74, 6) is 3.06. The molecule has 0 spiro atoms. The van der Waals surface area contributed by atoms with Crippen molar-refractivity contribution in [1.82, 2.24) is 29.5 Å². The molecule has 4 heterocycles. The standard InChI is InChI=1S/C18H24N8O/c1-11(2)10-26-12(3)22-14-16(25-4-6-27-7-5-25)23-15(24-17(14)26)13-8-20-18(19)21-9-13/h8-9,11H,4-7,10H2,1-3H3,(H2,19,20,21). The van der Waals surface area contributed by atoms with Crippen LogP contribution in [0.5, 0.6) is 0 Å². The molecule has 0 radical (unpaired) electrons. The van der Waals surface area contributed by atoms with E-state index in [0.29, 0.717) is 25.0 Å². The molecule has 0 aromatic carbocycles. The number of hydrogen-bond acceptors (Lipinski definition) is 8.